The van der Waals surface area contributed by atoms with Crippen LogP contribution in [0.3, 0.4) is 0 Å². The van der Waals surface area contributed by atoms with Crippen molar-refractivity contribution in [2.24, 2.45) is 0 Å². The number of carbonyl (C=O) groups excluding carboxylic acids is 1. The molecule has 1 N–H and O–H groups in total. The molecule has 0 radical (unpaired) electrons. The Morgan fingerprint density at radius 3 is 2.67 bits per heavy atom. The maximum atomic E-state index is 10.9. The molecule has 12 heavy (non-hydrogen) atoms. The van der Waals surface area contributed by atoms with Gasteiger partial charge in [-0.2, -0.15) is 10.5 Å². The minimum absolute atomic E-state index is 0.0131. The van der Waals surface area contributed by atoms with E-state index in [1.54, 1.807) is 18.0 Å². The van der Waals surface area contributed by atoms with Crippen molar-refractivity contribution in [1.29, 1.82) is 10.5 Å². The zero-order valence-corrected chi connectivity index (χ0v) is 6.87. The van der Waals surface area contributed by atoms with Gasteiger partial charge in [0.25, 0.3) is 0 Å². The first-order chi connectivity index (χ1) is 5.70. The van der Waals surface area contributed by atoms with Gasteiger partial charge in [0.2, 0.25) is 5.91 Å². The molecule has 5 heteroatoms. The molecule has 0 aliphatic carbocycles. The van der Waals surface area contributed by atoms with Gasteiger partial charge in [-0.3, -0.25) is 9.69 Å². The minimum Gasteiger partial charge on any atom is -0.342 e. The fraction of sp³-hybridized carbons (Fsp3) is 0.571. The van der Waals surface area contributed by atoms with Gasteiger partial charge in [-0.15, -0.1) is 0 Å². The molecule has 0 saturated carbocycles. The average molecular weight is 166 g/mol. The Morgan fingerprint density at radius 2 is 2.17 bits per heavy atom. The van der Waals surface area contributed by atoms with Crippen molar-refractivity contribution in [3.05, 3.63) is 0 Å². The van der Waals surface area contributed by atoms with E-state index in [0.29, 0.717) is 0 Å². The maximum Gasteiger partial charge on any atom is 0.235 e. The summed E-state index contributed by atoms with van der Waals surface area (Å²) in [6.45, 7) is 0.369. The number of hydrogen-bond acceptors (Lipinski definition) is 4. The van der Waals surface area contributed by atoms with Crippen molar-refractivity contribution in [3.8, 4) is 12.1 Å². The number of likely N-dealkylation sites (N-methyl/N-ethyl adjacent to an activating group) is 1. The highest BCUT2D eigenvalue weighted by Gasteiger charge is 2.03. The van der Waals surface area contributed by atoms with Crippen LogP contribution in [-0.2, 0) is 4.79 Å². The minimum atomic E-state index is -0.241. The lowest BCUT2D eigenvalue weighted by molar-refractivity contribution is -0.121. The topological polar surface area (TPSA) is 79.9 Å². The van der Waals surface area contributed by atoms with Crippen molar-refractivity contribution >= 4 is 5.91 Å². The van der Waals surface area contributed by atoms with E-state index in [2.05, 4.69) is 5.32 Å². The van der Waals surface area contributed by atoms with Gasteiger partial charge in [-0.25, -0.2) is 0 Å². The van der Waals surface area contributed by atoms with Crippen molar-refractivity contribution in [1.82, 2.24) is 10.2 Å². The van der Waals surface area contributed by atoms with Crippen LogP contribution >= 0.6 is 0 Å². The Morgan fingerprint density at radius 1 is 1.50 bits per heavy atom. The Hall–Kier alpha value is -1.59. The van der Waals surface area contributed by atoms with E-state index < -0.39 is 0 Å². The third-order valence-electron chi connectivity index (χ3n) is 1.12. The zero-order chi connectivity index (χ0) is 9.40. The molecule has 0 aromatic carbocycles. The van der Waals surface area contributed by atoms with E-state index in [4.69, 9.17) is 10.5 Å². The molecule has 0 aliphatic rings. The van der Waals surface area contributed by atoms with Gasteiger partial charge in [0, 0.05) is 0 Å². The molecule has 0 fully saturated rings. The summed E-state index contributed by atoms with van der Waals surface area (Å²) in [5.74, 6) is -0.241. The average Bonchev–Trinajstić information content (AvgIpc) is 2.01. The molecular weight excluding hydrogens is 156 g/mol. The number of carbonyl (C=O) groups is 1. The normalized spacial score (nSPS) is 8.67. The number of amides is 1. The van der Waals surface area contributed by atoms with Gasteiger partial charge in [-0.05, 0) is 7.05 Å². The third-order valence-corrected chi connectivity index (χ3v) is 1.12. The smallest absolute Gasteiger partial charge is 0.235 e. The molecule has 0 aromatic heterocycles. The van der Waals surface area contributed by atoms with Crippen molar-refractivity contribution < 1.29 is 4.79 Å². The zero-order valence-electron chi connectivity index (χ0n) is 6.87. The predicted octanol–water partition coefficient (Wildman–Crippen LogP) is -0.918. The second kappa shape index (κ2) is 6.14. The molecule has 0 saturated heterocycles. The van der Waals surface area contributed by atoms with Crippen molar-refractivity contribution in [3.63, 3.8) is 0 Å². The van der Waals surface area contributed by atoms with Crippen LogP contribution in [0, 0.1) is 22.7 Å². The second-order valence-corrected chi connectivity index (χ2v) is 2.27. The van der Waals surface area contributed by atoms with E-state index >= 15 is 0 Å². The molecule has 0 spiro atoms. The summed E-state index contributed by atoms with van der Waals surface area (Å²) in [5, 5.41) is 18.7. The van der Waals surface area contributed by atoms with E-state index in [1.165, 1.54) is 0 Å². The van der Waals surface area contributed by atoms with E-state index in [9.17, 15) is 4.79 Å². The van der Waals surface area contributed by atoms with Gasteiger partial charge in [0.15, 0.2) is 0 Å². The maximum absolute atomic E-state index is 10.9. The van der Waals surface area contributed by atoms with Gasteiger partial charge in [0.05, 0.1) is 25.2 Å². The molecule has 0 aromatic rings. The quantitative estimate of drug-likeness (QED) is 0.548. The monoisotopic (exact) mass is 166 g/mol. The van der Waals surface area contributed by atoms with Gasteiger partial charge in [-0.1, -0.05) is 0 Å². The Labute approximate surface area is 71.2 Å². The highest BCUT2D eigenvalue weighted by atomic mass is 16.1. The summed E-state index contributed by atoms with van der Waals surface area (Å²) in [7, 11) is 1.66. The molecule has 0 rings (SSSR count). The number of nitriles is 2. The molecule has 5 nitrogen and oxygen atoms in total. The standard InChI is InChI=1S/C7H10N4O/c1-11(5-3-9)6-7(12)10-4-2-8/h4-6H2,1H3,(H,10,12). The molecule has 0 bridgehead atoms. The lowest BCUT2D eigenvalue weighted by Gasteiger charge is -2.10. The summed E-state index contributed by atoms with van der Waals surface area (Å²) < 4.78 is 0. The van der Waals surface area contributed by atoms with Crippen LogP contribution in [0.1, 0.15) is 0 Å². The summed E-state index contributed by atoms with van der Waals surface area (Å²) in [6.07, 6.45) is 0. The lowest BCUT2D eigenvalue weighted by atomic mass is 10.5. The number of nitrogens with zero attached hydrogens (tertiary/aromatic N) is 3. The lowest BCUT2D eigenvalue weighted by Crippen LogP contribution is -2.35. The Kier molecular flexibility index (Phi) is 5.33. The van der Waals surface area contributed by atoms with Gasteiger partial charge in [0.1, 0.15) is 6.54 Å². The van der Waals surface area contributed by atoms with Gasteiger partial charge < -0.3 is 5.32 Å². The van der Waals surface area contributed by atoms with Crippen LogP contribution in [0.2, 0.25) is 0 Å². The predicted molar refractivity (Wildman–Crippen MR) is 41.7 cm³/mol. The Bertz CT molecular complexity index is 225. The van der Waals surface area contributed by atoms with E-state index in [-0.39, 0.29) is 25.5 Å². The van der Waals surface area contributed by atoms with Crippen LogP contribution in [-0.4, -0.2) is 37.5 Å². The van der Waals surface area contributed by atoms with Crippen LogP contribution in [0.5, 0.6) is 0 Å². The van der Waals surface area contributed by atoms with Gasteiger partial charge >= 0.3 is 0 Å². The molecule has 0 atom stereocenters. The molecule has 0 heterocycles. The molecule has 0 aliphatic heterocycles. The summed E-state index contributed by atoms with van der Waals surface area (Å²) >= 11 is 0. The highest BCUT2D eigenvalue weighted by Crippen LogP contribution is 1.79. The SMILES string of the molecule is CN(CC#N)CC(=O)NCC#N. The van der Waals surface area contributed by atoms with Crippen LogP contribution < -0.4 is 5.32 Å². The third kappa shape index (κ3) is 5.21. The fourth-order valence-corrected chi connectivity index (χ4v) is 0.616. The highest BCUT2D eigenvalue weighted by molar-refractivity contribution is 5.78. The van der Waals surface area contributed by atoms with Crippen LogP contribution in [0.15, 0.2) is 0 Å². The number of hydrogen-bond donors (Lipinski definition) is 1. The fourth-order valence-electron chi connectivity index (χ4n) is 0.616. The van der Waals surface area contributed by atoms with Crippen LogP contribution in [0.25, 0.3) is 0 Å². The first kappa shape index (κ1) is 10.4. The molecule has 64 valence electrons. The summed E-state index contributed by atoms with van der Waals surface area (Å²) in [5.41, 5.74) is 0. The summed E-state index contributed by atoms with van der Waals surface area (Å²) in [4.78, 5) is 12.4. The molecule has 1 amide bonds. The van der Waals surface area contributed by atoms with E-state index in [0.717, 1.165) is 0 Å². The summed E-state index contributed by atoms with van der Waals surface area (Å²) in [6, 6.07) is 3.70. The first-order valence-corrected chi connectivity index (χ1v) is 3.40. The Balaban J connectivity index is 3.57. The largest absolute Gasteiger partial charge is 0.342 e. The molecular formula is C7H10N4O. The first-order valence-electron chi connectivity index (χ1n) is 3.40. The van der Waals surface area contributed by atoms with Crippen molar-refractivity contribution in [2.75, 3.05) is 26.7 Å². The second-order valence-electron chi connectivity index (χ2n) is 2.27. The number of nitrogens with one attached hydrogen (secondary N) is 1. The van der Waals surface area contributed by atoms with Crippen LogP contribution in [0.4, 0.5) is 0 Å². The number of rotatable bonds is 4. The van der Waals surface area contributed by atoms with E-state index in [1.807, 2.05) is 6.07 Å². The van der Waals surface area contributed by atoms with Crippen molar-refractivity contribution in [2.45, 2.75) is 0 Å². The molecule has 0 unspecified atom stereocenters.